The van der Waals surface area contributed by atoms with Gasteiger partial charge in [0, 0.05) is 12.1 Å². The van der Waals surface area contributed by atoms with Crippen molar-refractivity contribution in [3.05, 3.63) is 0 Å². The number of hydrogen-bond donors (Lipinski definition) is 5. The molecule has 0 aliphatic carbocycles. The van der Waals surface area contributed by atoms with Crippen LogP contribution in [-0.2, 0) is 19.2 Å². The first-order valence-electron chi connectivity index (χ1n) is 5.42. The van der Waals surface area contributed by atoms with E-state index < -0.39 is 61.9 Å². The Labute approximate surface area is 113 Å². The van der Waals surface area contributed by atoms with E-state index in [1.165, 1.54) is 0 Å². The van der Waals surface area contributed by atoms with Crippen molar-refractivity contribution in [1.82, 2.24) is 4.90 Å². The second-order valence-corrected chi connectivity index (χ2v) is 4.44. The summed E-state index contributed by atoms with van der Waals surface area (Å²) in [5.41, 5.74) is 3.90. The van der Waals surface area contributed by atoms with Crippen molar-refractivity contribution in [2.75, 3.05) is 19.6 Å². The topological polar surface area (TPSA) is 178 Å². The van der Waals surface area contributed by atoms with Crippen LogP contribution in [-0.4, -0.2) is 74.4 Å². The zero-order valence-corrected chi connectivity index (χ0v) is 10.5. The number of carboxylic acid groups (broad SMARTS) is 4. The minimum absolute atomic E-state index is 0.482. The third-order valence-corrected chi connectivity index (χ3v) is 2.26. The maximum Gasteiger partial charge on any atom is 0.317 e. The summed E-state index contributed by atoms with van der Waals surface area (Å²) in [7, 11) is 0. The fourth-order valence-electron chi connectivity index (χ4n) is 1.77. The molecule has 0 aliphatic rings. The van der Waals surface area contributed by atoms with E-state index in [0.717, 1.165) is 4.90 Å². The van der Waals surface area contributed by atoms with Crippen LogP contribution in [0.1, 0.15) is 12.8 Å². The predicted octanol–water partition coefficient (Wildman–Crippen LogP) is -1.90. The summed E-state index contributed by atoms with van der Waals surface area (Å²) in [5.74, 6) is -5.39. The Morgan fingerprint density at radius 1 is 0.800 bits per heavy atom. The van der Waals surface area contributed by atoms with E-state index in [-0.39, 0.29) is 0 Å². The molecule has 0 aromatic heterocycles. The summed E-state index contributed by atoms with van der Waals surface area (Å²) in [6.45, 7) is -1.86. The molecule has 0 heterocycles. The number of aliphatic carboxylic acids is 4. The molecule has 0 fully saturated rings. The Balaban J connectivity index is 5.03. The van der Waals surface area contributed by atoms with Crippen LogP contribution in [0.25, 0.3) is 0 Å². The van der Waals surface area contributed by atoms with E-state index >= 15 is 0 Å². The molecule has 0 bridgehead atoms. The first-order chi connectivity index (χ1) is 9.04. The molecule has 0 unspecified atom stereocenters. The van der Waals surface area contributed by atoms with Crippen molar-refractivity contribution < 1.29 is 39.6 Å². The standard InChI is InChI=1S/C10H16N2O8/c11-10(1-6(13)14,2-7(15)16)5-12(3-8(17)18)4-9(19)20/h1-5,11H2,(H,13,14)(H,15,16)(H,17,18)(H,19,20). The van der Waals surface area contributed by atoms with Gasteiger partial charge in [-0.15, -0.1) is 0 Å². The third kappa shape index (κ3) is 8.00. The summed E-state index contributed by atoms with van der Waals surface area (Å²) in [6.07, 6.45) is -1.45. The van der Waals surface area contributed by atoms with Crippen LogP contribution in [0.15, 0.2) is 0 Å². The van der Waals surface area contributed by atoms with Crippen molar-refractivity contribution in [2.45, 2.75) is 18.4 Å². The highest BCUT2D eigenvalue weighted by Gasteiger charge is 2.34. The lowest BCUT2D eigenvalue weighted by molar-refractivity contribution is -0.142. The molecule has 0 aromatic rings. The van der Waals surface area contributed by atoms with E-state index in [9.17, 15) is 19.2 Å². The largest absolute Gasteiger partial charge is 0.481 e. The van der Waals surface area contributed by atoms with E-state index in [1.807, 2.05) is 0 Å². The van der Waals surface area contributed by atoms with Crippen LogP contribution in [0.3, 0.4) is 0 Å². The van der Waals surface area contributed by atoms with Gasteiger partial charge in [0.25, 0.3) is 0 Å². The van der Waals surface area contributed by atoms with Gasteiger partial charge in [-0.2, -0.15) is 0 Å². The Bertz CT molecular complexity index is 376. The Morgan fingerprint density at radius 2 is 1.15 bits per heavy atom. The molecular weight excluding hydrogens is 276 g/mol. The summed E-state index contributed by atoms with van der Waals surface area (Å²) in [4.78, 5) is 43.5. The van der Waals surface area contributed by atoms with E-state index in [2.05, 4.69) is 0 Å². The quantitative estimate of drug-likeness (QED) is 0.305. The number of nitrogens with zero attached hydrogens (tertiary/aromatic N) is 1. The molecule has 0 amide bonds. The van der Waals surface area contributed by atoms with Gasteiger partial charge in [-0.1, -0.05) is 0 Å². The summed E-state index contributed by atoms with van der Waals surface area (Å²) < 4.78 is 0. The lowest BCUT2D eigenvalue weighted by atomic mass is 9.91. The Morgan fingerprint density at radius 3 is 1.40 bits per heavy atom. The van der Waals surface area contributed by atoms with E-state index in [4.69, 9.17) is 26.2 Å². The molecule has 0 spiro atoms. The Hall–Kier alpha value is -2.20. The highest BCUT2D eigenvalue weighted by Crippen LogP contribution is 2.15. The van der Waals surface area contributed by atoms with Gasteiger partial charge in [0.2, 0.25) is 0 Å². The van der Waals surface area contributed by atoms with Gasteiger partial charge in [0.1, 0.15) is 0 Å². The molecule has 0 saturated heterocycles. The number of hydrogen-bond acceptors (Lipinski definition) is 6. The highest BCUT2D eigenvalue weighted by atomic mass is 16.4. The second-order valence-electron chi connectivity index (χ2n) is 4.44. The third-order valence-electron chi connectivity index (χ3n) is 2.26. The molecule has 10 nitrogen and oxygen atoms in total. The van der Waals surface area contributed by atoms with Gasteiger partial charge in [0.15, 0.2) is 0 Å². The molecule has 0 saturated carbocycles. The molecule has 114 valence electrons. The maximum absolute atomic E-state index is 10.7. The molecule has 0 aromatic carbocycles. The van der Waals surface area contributed by atoms with Gasteiger partial charge in [0.05, 0.1) is 25.9 Å². The summed E-state index contributed by atoms with van der Waals surface area (Å²) in [5, 5.41) is 34.7. The minimum atomic E-state index is -1.76. The average molecular weight is 292 g/mol. The van der Waals surface area contributed by atoms with Gasteiger partial charge >= 0.3 is 23.9 Å². The van der Waals surface area contributed by atoms with Gasteiger partial charge in [-0.25, -0.2) is 0 Å². The molecule has 0 rings (SSSR count). The lowest BCUT2D eigenvalue weighted by Gasteiger charge is -2.31. The fraction of sp³-hybridized carbons (Fsp3) is 0.600. The van der Waals surface area contributed by atoms with Crippen LogP contribution in [0.5, 0.6) is 0 Å². The van der Waals surface area contributed by atoms with Crippen LogP contribution >= 0.6 is 0 Å². The number of rotatable bonds is 10. The molecule has 10 heteroatoms. The summed E-state index contributed by atoms with van der Waals surface area (Å²) >= 11 is 0. The molecular formula is C10H16N2O8. The van der Waals surface area contributed by atoms with Gasteiger partial charge in [-0.3, -0.25) is 24.1 Å². The van der Waals surface area contributed by atoms with E-state index in [0.29, 0.717) is 0 Å². The van der Waals surface area contributed by atoms with Crippen molar-refractivity contribution >= 4 is 23.9 Å². The molecule has 0 radical (unpaired) electrons. The Kier molecular flexibility index (Phi) is 6.59. The lowest BCUT2D eigenvalue weighted by Crippen LogP contribution is -2.54. The molecule has 0 atom stereocenters. The van der Waals surface area contributed by atoms with Crippen LogP contribution < -0.4 is 5.73 Å². The highest BCUT2D eigenvalue weighted by molar-refractivity contribution is 5.74. The van der Waals surface area contributed by atoms with Crippen molar-refractivity contribution in [3.8, 4) is 0 Å². The monoisotopic (exact) mass is 292 g/mol. The summed E-state index contributed by atoms with van der Waals surface area (Å²) in [6, 6.07) is 0. The normalized spacial score (nSPS) is 11.3. The second kappa shape index (κ2) is 7.40. The van der Waals surface area contributed by atoms with Gasteiger partial charge < -0.3 is 26.2 Å². The molecule has 6 N–H and O–H groups in total. The SMILES string of the molecule is NC(CC(=O)O)(CC(=O)O)CN(CC(=O)O)CC(=O)O. The first-order valence-corrected chi connectivity index (χ1v) is 5.42. The average Bonchev–Trinajstić information content (AvgIpc) is 2.09. The fourth-order valence-corrected chi connectivity index (χ4v) is 1.77. The first kappa shape index (κ1) is 17.8. The number of carbonyl (C=O) groups is 4. The van der Waals surface area contributed by atoms with Crippen molar-refractivity contribution in [1.29, 1.82) is 0 Å². The molecule has 20 heavy (non-hydrogen) atoms. The van der Waals surface area contributed by atoms with Crippen molar-refractivity contribution in [2.24, 2.45) is 5.73 Å². The zero-order chi connectivity index (χ0) is 15.9. The van der Waals surface area contributed by atoms with Gasteiger partial charge in [-0.05, 0) is 0 Å². The van der Waals surface area contributed by atoms with Crippen LogP contribution in [0.2, 0.25) is 0 Å². The predicted molar refractivity (Wildman–Crippen MR) is 63.1 cm³/mol. The molecule has 0 aliphatic heterocycles. The number of carboxylic acids is 4. The van der Waals surface area contributed by atoms with Crippen LogP contribution in [0, 0.1) is 0 Å². The van der Waals surface area contributed by atoms with Crippen molar-refractivity contribution in [3.63, 3.8) is 0 Å². The number of nitrogens with two attached hydrogens (primary N) is 1. The van der Waals surface area contributed by atoms with Crippen LogP contribution in [0.4, 0.5) is 0 Å². The zero-order valence-electron chi connectivity index (χ0n) is 10.5. The smallest absolute Gasteiger partial charge is 0.317 e. The maximum atomic E-state index is 10.7. The minimum Gasteiger partial charge on any atom is -0.481 e. The van der Waals surface area contributed by atoms with E-state index in [1.54, 1.807) is 0 Å².